The van der Waals surface area contributed by atoms with E-state index in [1.807, 2.05) is 25.1 Å². The Morgan fingerprint density at radius 3 is 2.63 bits per heavy atom. The van der Waals surface area contributed by atoms with Gasteiger partial charge in [-0.3, -0.25) is 4.79 Å². The minimum Gasteiger partial charge on any atom is -0.493 e. The third kappa shape index (κ3) is 3.56. The molecule has 0 bridgehead atoms. The van der Waals surface area contributed by atoms with E-state index in [4.69, 9.17) is 14.2 Å². The topological polar surface area (TPSA) is 77.6 Å². The molecule has 1 N–H and O–H groups in total. The second-order valence-electron chi connectivity index (χ2n) is 6.57. The number of hydrogen-bond donors (Lipinski definition) is 1. The van der Waals surface area contributed by atoms with Gasteiger partial charge in [-0.2, -0.15) is 0 Å². The molecule has 6 heteroatoms. The molecule has 1 atom stereocenters. The predicted molar refractivity (Wildman–Crippen MR) is 101 cm³/mol. The molecule has 0 amide bonds. The second kappa shape index (κ2) is 7.86. The van der Waals surface area contributed by atoms with Gasteiger partial charge in [0, 0.05) is 17.7 Å². The SMILES string of the molecule is CCOC(=O)c1[nH]c2c(c1C)C(=O)C[C@H](c1ccc(OCC)c(OC)c1)C2. The van der Waals surface area contributed by atoms with Crippen LogP contribution in [0.4, 0.5) is 0 Å². The van der Waals surface area contributed by atoms with Gasteiger partial charge in [0.05, 0.1) is 20.3 Å². The van der Waals surface area contributed by atoms with Crippen LogP contribution in [0.3, 0.4) is 0 Å². The van der Waals surface area contributed by atoms with Crippen molar-refractivity contribution in [1.82, 2.24) is 4.98 Å². The summed E-state index contributed by atoms with van der Waals surface area (Å²) in [4.78, 5) is 28.0. The van der Waals surface area contributed by atoms with Gasteiger partial charge >= 0.3 is 5.97 Å². The van der Waals surface area contributed by atoms with E-state index in [9.17, 15) is 9.59 Å². The molecule has 1 aliphatic rings. The van der Waals surface area contributed by atoms with Crippen LogP contribution in [0.2, 0.25) is 0 Å². The summed E-state index contributed by atoms with van der Waals surface area (Å²) in [5.41, 5.74) is 3.49. The van der Waals surface area contributed by atoms with Crippen molar-refractivity contribution in [1.29, 1.82) is 0 Å². The maximum atomic E-state index is 12.8. The maximum absolute atomic E-state index is 12.8. The number of rotatable bonds is 6. The second-order valence-corrected chi connectivity index (χ2v) is 6.57. The number of ether oxygens (including phenoxy) is 3. The Balaban J connectivity index is 1.92. The molecular formula is C21H25NO5. The lowest BCUT2D eigenvalue weighted by atomic mass is 9.81. The number of esters is 1. The summed E-state index contributed by atoms with van der Waals surface area (Å²) in [7, 11) is 1.60. The zero-order valence-electron chi connectivity index (χ0n) is 16.2. The van der Waals surface area contributed by atoms with E-state index >= 15 is 0 Å². The van der Waals surface area contributed by atoms with Gasteiger partial charge in [0.15, 0.2) is 17.3 Å². The van der Waals surface area contributed by atoms with Crippen molar-refractivity contribution in [2.45, 2.75) is 39.5 Å². The minimum absolute atomic E-state index is 0.0164. The highest BCUT2D eigenvalue weighted by molar-refractivity contribution is 6.03. The average Bonchev–Trinajstić information content (AvgIpc) is 2.99. The molecule has 1 heterocycles. The van der Waals surface area contributed by atoms with Crippen molar-refractivity contribution in [3.8, 4) is 11.5 Å². The third-order valence-electron chi connectivity index (χ3n) is 4.93. The zero-order chi connectivity index (χ0) is 19.6. The first kappa shape index (κ1) is 19.0. The molecule has 6 nitrogen and oxygen atoms in total. The van der Waals surface area contributed by atoms with Gasteiger partial charge < -0.3 is 19.2 Å². The first-order chi connectivity index (χ1) is 13.0. The Labute approximate surface area is 158 Å². The molecule has 0 unspecified atom stereocenters. The number of aromatic amines is 1. The molecule has 3 rings (SSSR count). The molecule has 27 heavy (non-hydrogen) atoms. The van der Waals surface area contributed by atoms with Gasteiger partial charge in [-0.15, -0.1) is 0 Å². The smallest absolute Gasteiger partial charge is 0.355 e. The number of benzene rings is 1. The number of fused-ring (bicyclic) bond motifs is 1. The van der Waals surface area contributed by atoms with Crippen molar-refractivity contribution in [2.24, 2.45) is 0 Å². The van der Waals surface area contributed by atoms with Gasteiger partial charge in [0.25, 0.3) is 0 Å². The summed E-state index contributed by atoms with van der Waals surface area (Å²) in [6.45, 7) is 6.32. The Bertz CT molecular complexity index is 868. The van der Waals surface area contributed by atoms with Gasteiger partial charge in [0.1, 0.15) is 5.69 Å². The summed E-state index contributed by atoms with van der Waals surface area (Å²) in [5.74, 6) is 0.979. The van der Waals surface area contributed by atoms with E-state index in [2.05, 4.69) is 4.98 Å². The Morgan fingerprint density at radius 1 is 1.19 bits per heavy atom. The largest absolute Gasteiger partial charge is 0.493 e. The van der Waals surface area contributed by atoms with E-state index in [0.717, 1.165) is 11.3 Å². The average molecular weight is 371 g/mol. The number of Topliss-reactive ketones (excluding diaryl/α,β-unsaturated/α-hetero) is 1. The van der Waals surface area contributed by atoms with Gasteiger partial charge in [0.2, 0.25) is 0 Å². The van der Waals surface area contributed by atoms with E-state index in [1.165, 1.54) is 0 Å². The van der Waals surface area contributed by atoms with Crippen LogP contribution in [0.15, 0.2) is 18.2 Å². The molecule has 1 aromatic heterocycles. The van der Waals surface area contributed by atoms with E-state index in [-0.39, 0.29) is 11.7 Å². The van der Waals surface area contributed by atoms with Crippen LogP contribution < -0.4 is 9.47 Å². The minimum atomic E-state index is -0.420. The Kier molecular flexibility index (Phi) is 5.54. The number of ketones is 1. The lowest BCUT2D eigenvalue weighted by Crippen LogP contribution is -2.18. The number of nitrogens with one attached hydrogen (secondary N) is 1. The van der Waals surface area contributed by atoms with Gasteiger partial charge in [-0.1, -0.05) is 6.07 Å². The number of methoxy groups -OCH3 is 1. The number of carbonyl (C=O) groups excluding carboxylic acids is 2. The summed E-state index contributed by atoms with van der Waals surface area (Å²) < 4.78 is 16.1. The molecule has 0 fully saturated rings. The fourth-order valence-electron chi connectivity index (χ4n) is 3.69. The monoisotopic (exact) mass is 371 g/mol. The van der Waals surface area contributed by atoms with Crippen LogP contribution >= 0.6 is 0 Å². The first-order valence-corrected chi connectivity index (χ1v) is 9.22. The highest BCUT2D eigenvalue weighted by atomic mass is 16.5. The summed E-state index contributed by atoms with van der Waals surface area (Å²) in [5, 5.41) is 0. The van der Waals surface area contributed by atoms with Gasteiger partial charge in [-0.05, 0) is 56.4 Å². The normalized spacial score (nSPS) is 16.0. The molecule has 1 aliphatic carbocycles. The van der Waals surface area contributed by atoms with Crippen molar-refractivity contribution < 1.29 is 23.8 Å². The molecule has 0 aliphatic heterocycles. The maximum Gasteiger partial charge on any atom is 0.355 e. The quantitative estimate of drug-likeness (QED) is 0.781. The first-order valence-electron chi connectivity index (χ1n) is 9.22. The summed E-state index contributed by atoms with van der Waals surface area (Å²) in [6.07, 6.45) is 1.05. The molecule has 2 aromatic rings. The lowest BCUT2D eigenvalue weighted by Gasteiger charge is -2.23. The zero-order valence-corrected chi connectivity index (χ0v) is 16.2. The fraction of sp³-hybridized carbons (Fsp3) is 0.429. The van der Waals surface area contributed by atoms with E-state index < -0.39 is 5.97 Å². The molecular weight excluding hydrogens is 346 g/mol. The Hall–Kier alpha value is -2.76. The third-order valence-corrected chi connectivity index (χ3v) is 4.93. The number of H-pyrrole nitrogens is 1. The highest BCUT2D eigenvalue weighted by Crippen LogP contribution is 2.38. The van der Waals surface area contributed by atoms with Crippen molar-refractivity contribution in [3.63, 3.8) is 0 Å². The van der Waals surface area contributed by atoms with Crippen LogP contribution in [0.5, 0.6) is 11.5 Å². The molecule has 0 spiro atoms. The number of aromatic nitrogens is 1. The highest BCUT2D eigenvalue weighted by Gasteiger charge is 2.32. The van der Waals surface area contributed by atoms with Crippen molar-refractivity contribution in [3.05, 3.63) is 46.3 Å². The molecule has 0 saturated carbocycles. The molecule has 0 saturated heterocycles. The van der Waals surface area contributed by atoms with E-state index in [1.54, 1.807) is 21.0 Å². The van der Waals surface area contributed by atoms with Crippen LogP contribution in [-0.4, -0.2) is 37.1 Å². The van der Waals surface area contributed by atoms with Crippen LogP contribution in [0.25, 0.3) is 0 Å². The number of hydrogen-bond acceptors (Lipinski definition) is 5. The van der Waals surface area contributed by atoms with Gasteiger partial charge in [-0.25, -0.2) is 4.79 Å². The van der Waals surface area contributed by atoms with Crippen molar-refractivity contribution >= 4 is 11.8 Å². The van der Waals surface area contributed by atoms with Crippen molar-refractivity contribution in [2.75, 3.05) is 20.3 Å². The summed E-state index contributed by atoms with van der Waals surface area (Å²) in [6, 6.07) is 5.77. The molecule has 1 aromatic carbocycles. The Morgan fingerprint density at radius 2 is 1.96 bits per heavy atom. The lowest BCUT2D eigenvalue weighted by molar-refractivity contribution is 0.0519. The predicted octanol–water partition coefficient (Wildman–Crippen LogP) is 3.82. The fourth-order valence-corrected chi connectivity index (χ4v) is 3.69. The van der Waals surface area contributed by atoms with Crippen LogP contribution in [0, 0.1) is 6.92 Å². The van der Waals surface area contributed by atoms with Crippen LogP contribution in [0.1, 0.15) is 63.9 Å². The molecule has 144 valence electrons. The number of carbonyl (C=O) groups is 2. The standard InChI is InChI=1S/C21H25NO5/c1-5-26-17-8-7-13(11-18(17)25-4)14-9-15-19(16(23)10-14)12(3)20(22-15)21(24)27-6-2/h7-8,11,14,22H,5-6,9-10H2,1-4H3/t14-/m1/s1. The van der Waals surface area contributed by atoms with Crippen LogP contribution in [-0.2, 0) is 11.2 Å². The summed E-state index contributed by atoms with van der Waals surface area (Å²) >= 11 is 0. The van der Waals surface area contributed by atoms with E-state index in [0.29, 0.717) is 54.4 Å². The molecule has 0 radical (unpaired) electrons.